The van der Waals surface area contributed by atoms with Crippen molar-refractivity contribution >= 4 is 22.6 Å². The number of halogens is 3. The van der Waals surface area contributed by atoms with Crippen molar-refractivity contribution in [3.8, 4) is 0 Å². The second kappa shape index (κ2) is 6.53. The lowest BCUT2D eigenvalue weighted by Crippen LogP contribution is -2.29. The van der Waals surface area contributed by atoms with Gasteiger partial charge in [0.2, 0.25) is 5.82 Å². The van der Waals surface area contributed by atoms with Gasteiger partial charge in [-0.25, -0.2) is 9.97 Å². The zero-order valence-electron chi connectivity index (χ0n) is 14.0. The van der Waals surface area contributed by atoms with Gasteiger partial charge in [-0.05, 0) is 30.7 Å². The van der Waals surface area contributed by atoms with Crippen LogP contribution in [0.25, 0.3) is 10.9 Å². The molecule has 1 aliphatic carbocycles. The highest BCUT2D eigenvalue weighted by molar-refractivity contribution is 5.94. The van der Waals surface area contributed by atoms with Gasteiger partial charge >= 0.3 is 6.18 Å². The smallest absolute Gasteiger partial charge is 0.365 e. The minimum atomic E-state index is -4.63. The van der Waals surface area contributed by atoms with Crippen LogP contribution in [0.2, 0.25) is 0 Å². The van der Waals surface area contributed by atoms with Crippen molar-refractivity contribution in [2.24, 2.45) is 0 Å². The van der Waals surface area contributed by atoms with Gasteiger partial charge in [-0.15, -0.1) is 0 Å². The third kappa shape index (κ3) is 3.69. The van der Waals surface area contributed by atoms with E-state index in [1.165, 1.54) is 6.07 Å². The molecule has 2 unspecified atom stereocenters. The summed E-state index contributed by atoms with van der Waals surface area (Å²) in [5.41, 5.74) is 0.753. The number of amides is 1. The van der Waals surface area contributed by atoms with Gasteiger partial charge in [-0.1, -0.05) is 30.3 Å². The molecule has 0 radical (unpaired) electrons. The van der Waals surface area contributed by atoms with E-state index in [9.17, 15) is 18.0 Å². The molecule has 4 rings (SSSR count). The number of alkyl halides is 3. The van der Waals surface area contributed by atoms with Gasteiger partial charge in [-0.2, -0.15) is 13.2 Å². The lowest BCUT2D eigenvalue weighted by atomic mass is 10.2. The molecule has 3 aromatic rings. The van der Waals surface area contributed by atoms with Crippen molar-refractivity contribution < 1.29 is 18.0 Å². The lowest BCUT2D eigenvalue weighted by molar-refractivity contribution is -0.144. The maximum absolute atomic E-state index is 13.1. The van der Waals surface area contributed by atoms with E-state index in [0.717, 1.165) is 0 Å². The minimum Gasteiger partial charge on any atom is -0.365 e. The summed E-state index contributed by atoms with van der Waals surface area (Å²) in [6.07, 6.45) is -4.02. The van der Waals surface area contributed by atoms with Crippen LogP contribution in [-0.2, 0) is 6.18 Å². The molecule has 27 heavy (non-hydrogen) atoms. The molecule has 0 saturated heterocycles. The fourth-order valence-corrected chi connectivity index (χ4v) is 2.84. The molecule has 0 aliphatic heterocycles. The van der Waals surface area contributed by atoms with Gasteiger partial charge in [-0.3, -0.25) is 4.79 Å². The molecule has 1 aliphatic rings. The van der Waals surface area contributed by atoms with Crippen LogP contribution in [0, 0.1) is 0 Å². The van der Waals surface area contributed by atoms with Crippen LogP contribution < -0.4 is 10.6 Å². The average Bonchev–Trinajstić information content (AvgIpc) is 3.38. The molecule has 1 amide bonds. The summed E-state index contributed by atoms with van der Waals surface area (Å²) in [4.78, 5) is 19.4. The summed E-state index contributed by atoms with van der Waals surface area (Å²) in [5.74, 6) is -1.28. The van der Waals surface area contributed by atoms with Crippen LogP contribution in [0.5, 0.6) is 0 Å². The normalized spacial score (nSPS) is 18.9. The summed E-state index contributed by atoms with van der Waals surface area (Å²) in [5, 5.41) is 6.38. The monoisotopic (exact) mass is 372 g/mol. The molecular weight excluding hydrogens is 357 g/mol. The van der Waals surface area contributed by atoms with E-state index in [2.05, 4.69) is 20.6 Å². The number of fused-ring (bicyclic) bond motifs is 1. The number of carbonyl (C=O) groups is 1. The summed E-state index contributed by atoms with van der Waals surface area (Å²) >= 11 is 0. The van der Waals surface area contributed by atoms with E-state index in [1.807, 2.05) is 6.07 Å². The number of aromatic nitrogens is 2. The highest BCUT2D eigenvalue weighted by atomic mass is 19.4. The highest BCUT2D eigenvalue weighted by Crippen LogP contribution is 2.33. The zero-order chi connectivity index (χ0) is 19.0. The maximum Gasteiger partial charge on any atom is 0.451 e. The average molecular weight is 372 g/mol. The van der Waals surface area contributed by atoms with Crippen molar-refractivity contribution in [2.75, 3.05) is 5.32 Å². The van der Waals surface area contributed by atoms with E-state index in [-0.39, 0.29) is 29.3 Å². The van der Waals surface area contributed by atoms with Crippen LogP contribution in [-0.4, -0.2) is 28.0 Å². The number of anilines is 1. The Hall–Kier alpha value is -3.16. The first kappa shape index (κ1) is 17.3. The first-order valence-electron chi connectivity index (χ1n) is 8.38. The van der Waals surface area contributed by atoms with E-state index in [4.69, 9.17) is 0 Å². The summed E-state index contributed by atoms with van der Waals surface area (Å²) in [6.45, 7) is 0. The highest BCUT2D eigenvalue weighted by Gasteiger charge is 2.40. The number of carbonyl (C=O) groups excluding carboxylic acids is 1. The molecule has 1 saturated carbocycles. The standard InChI is InChI=1S/C19H15F3N4O/c20-19(21,22)18-25-13-9-5-4-8-12(13)16(26-18)23-14-10-15(14)24-17(27)11-6-2-1-3-7-11/h1-9,14-15H,10H2,(H,24,27)(H,23,25,26). The third-order valence-corrected chi connectivity index (χ3v) is 4.32. The molecule has 1 fully saturated rings. The molecule has 1 heterocycles. The van der Waals surface area contributed by atoms with E-state index >= 15 is 0 Å². The Kier molecular flexibility index (Phi) is 4.18. The van der Waals surface area contributed by atoms with Gasteiger partial charge in [0.15, 0.2) is 0 Å². The van der Waals surface area contributed by atoms with Crippen molar-refractivity contribution in [3.63, 3.8) is 0 Å². The van der Waals surface area contributed by atoms with Gasteiger partial charge < -0.3 is 10.6 Å². The Morgan fingerprint density at radius 1 is 0.963 bits per heavy atom. The van der Waals surface area contributed by atoms with Crippen molar-refractivity contribution in [1.82, 2.24) is 15.3 Å². The number of nitrogens with one attached hydrogen (secondary N) is 2. The van der Waals surface area contributed by atoms with Crippen LogP contribution in [0.4, 0.5) is 19.0 Å². The first-order valence-corrected chi connectivity index (χ1v) is 8.38. The van der Waals surface area contributed by atoms with Crippen LogP contribution >= 0.6 is 0 Å². The summed E-state index contributed by atoms with van der Waals surface area (Å²) < 4.78 is 39.2. The fraction of sp³-hybridized carbons (Fsp3) is 0.211. The second-order valence-electron chi connectivity index (χ2n) is 6.34. The van der Waals surface area contributed by atoms with E-state index in [1.54, 1.807) is 42.5 Å². The molecule has 2 aromatic carbocycles. The molecule has 2 atom stereocenters. The largest absolute Gasteiger partial charge is 0.451 e. The van der Waals surface area contributed by atoms with Gasteiger partial charge in [0, 0.05) is 17.0 Å². The maximum atomic E-state index is 13.1. The summed E-state index contributed by atoms with van der Waals surface area (Å²) in [6, 6.07) is 14.9. The Morgan fingerprint density at radius 3 is 2.41 bits per heavy atom. The fourth-order valence-electron chi connectivity index (χ4n) is 2.84. The van der Waals surface area contributed by atoms with E-state index in [0.29, 0.717) is 17.4 Å². The number of para-hydroxylation sites is 1. The second-order valence-corrected chi connectivity index (χ2v) is 6.34. The topological polar surface area (TPSA) is 66.9 Å². The molecule has 1 aromatic heterocycles. The Morgan fingerprint density at radius 2 is 1.67 bits per heavy atom. The quantitative estimate of drug-likeness (QED) is 0.734. The predicted octanol–water partition coefficient (Wildman–Crippen LogP) is 3.63. The van der Waals surface area contributed by atoms with Gasteiger partial charge in [0.25, 0.3) is 5.91 Å². The number of rotatable bonds is 4. The number of nitrogens with zero attached hydrogens (tertiary/aromatic N) is 2. The molecule has 8 heteroatoms. The summed E-state index contributed by atoms with van der Waals surface area (Å²) in [7, 11) is 0. The van der Waals surface area contributed by atoms with Gasteiger partial charge in [0.05, 0.1) is 11.6 Å². The van der Waals surface area contributed by atoms with Crippen molar-refractivity contribution in [1.29, 1.82) is 0 Å². The molecule has 5 nitrogen and oxygen atoms in total. The number of benzene rings is 2. The molecule has 0 spiro atoms. The van der Waals surface area contributed by atoms with Crippen molar-refractivity contribution in [3.05, 3.63) is 66.0 Å². The Labute approximate surface area is 152 Å². The number of hydrogen-bond acceptors (Lipinski definition) is 4. The molecule has 138 valence electrons. The zero-order valence-corrected chi connectivity index (χ0v) is 14.0. The molecule has 0 bridgehead atoms. The van der Waals surface area contributed by atoms with Crippen LogP contribution in [0.3, 0.4) is 0 Å². The Bertz CT molecular complexity index is 991. The number of hydrogen-bond donors (Lipinski definition) is 2. The van der Waals surface area contributed by atoms with Crippen molar-refractivity contribution in [2.45, 2.75) is 24.7 Å². The van der Waals surface area contributed by atoms with E-state index < -0.39 is 12.0 Å². The van der Waals surface area contributed by atoms with Gasteiger partial charge in [0.1, 0.15) is 5.82 Å². The molecule has 2 N–H and O–H groups in total. The van der Waals surface area contributed by atoms with Crippen LogP contribution in [0.15, 0.2) is 54.6 Å². The molecular formula is C19H15F3N4O. The van der Waals surface area contributed by atoms with Crippen LogP contribution in [0.1, 0.15) is 22.6 Å². The SMILES string of the molecule is O=C(NC1CC1Nc1nc(C(F)(F)F)nc2ccccc12)c1ccccc1. The predicted molar refractivity (Wildman–Crippen MR) is 94.3 cm³/mol. The first-order chi connectivity index (χ1) is 12.9. The Balaban J connectivity index is 1.52. The third-order valence-electron chi connectivity index (χ3n) is 4.32. The lowest BCUT2D eigenvalue weighted by Gasteiger charge is -2.12. The minimum absolute atomic E-state index is 0.120.